The molecule has 0 saturated carbocycles. The fourth-order valence-electron chi connectivity index (χ4n) is 2.11. The molecular weight excluding hydrogens is 252 g/mol. The van der Waals surface area contributed by atoms with Crippen molar-refractivity contribution < 1.29 is 18.1 Å². The molecule has 0 aromatic carbocycles. The Balaban J connectivity index is 2.88. The Morgan fingerprint density at radius 1 is 1.22 bits per heavy atom. The van der Waals surface area contributed by atoms with Crippen LogP contribution in [0.4, 0.5) is 0 Å². The molecule has 1 rings (SSSR count). The predicted octanol–water partition coefficient (Wildman–Crippen LogP) is -0.168. The summed E-state index contributed by atoms with van der Waals surface area (Å²) in [7, 11) is -3.29. The summed E-state index contributed by atoms with van der Waals surface area (Å²) in [5, 5.41) is 2.97. The molecule has 7 heteroatoms. The van der Waals surface area contributed by atoms with Gasteiger partial charge in [0, 0.05) is 25.9 Å². The SMILES string of the molecule is CCO[Si](OCC)(OCC)C(=O)C1NCCC1N. The van der Waals surface area contributed by atoms with E-state index in [1.807, 2.05) is 20.8 Å². The van der Waals surface area contributed by atoms with Gasteiger partial charge in [0.2, 0.25) is 5.41 Å². The molecule has 1 aliphatic rings. The second-order valence-electron chi connectivity index (χ2n) is 4.10. The first-order valence-electron chi connectivity index (χ1n) is 6.56. The molecule has 106 valence electrons. The second kappa shape index (κ2) is 7.32. The Kier molecular flexibility index (Phi) is 6.40. The fraction of sp³-hybridized carbons (Fsp3) is 0.909. The number of hydrogen-bond acceptors (Lipinski definition) is 6. The van der Waals surface area contributed by atoms with E-state index in [1.165, 1.54) is 0 Å². The molecule has 0 aliphatic carbocycles. The number of hydrogen-bond donors (Lipinski definition) is 2. The van der Waals surface area contributed by atoms with Crippen LogP contribution in [0.3, 0.4) is 0 Å². The molecule has 0 bridgehead atoms. The minimum atomic E-state index is -3.29. The zero-order chi connectivity index (χ0) is 13.6. The molecule has 0 spiro atoms. The maximum atomic E-state index is 12.6. The van der Waals surface area contributed by atoms with Crippen LogP contribution in [0.15, 0.2) is 0 Å². The monoisotopic (exact) mass is 276 g/mol. The van der Waals surface area contributed by atoms with Gasteiger partial charge in [-0.15, -0.1) is 0 Å². The van der Waals surface area contributed by atoms with Crippen molar-refractivity contribution in [2.45, 2.75) is 39.3 Å². The molecule has 2 atom stereocenters. The Hall–Kier alpha value is -0.313. The summed E-state index contributed by atoms with van der Waals surface area (Å²) in [5.74, 6) is 0. The lowest BCUT2D eigenvalue weighted by atomic mass is 10.2. The molecule has 1 fully saturated rings. The van der Waals surface area contributed by atoms with E-state index in [-0.39, 0.29) is 11.4 Å². The van der Waals surface area contributed by atoms with Gasteiger partial charge >= 0.3 is 8.80 Å². The van der Waals surface area contributed by atoms with Gasteiger partial charge in [0.15, 0.2) is 0 Å². The van der Waals surface area contributed by atoms with Gasteiger partial charge < -0.3 is 24.3 Å². The van der Waals surface area contributed by atoms with Gasteiger partial charge in [-0.25, -0.2) is 0 Å². The topological polar surface area (TPSA) is 82.8 Å². The average molecular weight is 276 g/mol. The summed E-state index contributed by atoms with van der Waals surface area (Å²) < 4.78 is 16.7. The molecule has 0 amide bonds. The first kappa shape index (κ1) is 15.7. The molecule has 1 aliphatic heterocycles. The van der Waals surface area contributed by atoms with E-state index in [0.29, 0.717) is 19.8 Å². The highest BCUT2D eigenvalue weighted by Gasteiger charge is 2.54. The normalized spacial score (nSPS) is 24.4. The predicted molar refractivity (Wildman–Crippen MR) is 70.0 cm³/mol. The molecule has 0 radical (unpaired) electrons. The quantitative estimate of drug-likeness (QED) is 0.599. The molecule has 6 nitrogen and oxygen atoms in total. The van der Waals surface area contributed by atoms with E-state index in [2.05, 4.69) is 5.32 Å². The number of carbonyl (C=O) groups excluding carboxylic acids is 1. The Labute approximate surface area is 110 Å². The van der Waals surface area contributed by atoms with Crippen LogP contribution in [0, 0.1) is 0 Å². The first-order chi connectivity index (χ1) is 8.61. The van der Waals surface area contributed by atoms with Crippen LogP contribution in [0.5, 0.6) is 0 Å². The van der Waals surface area contributed by atoms with Crippen molar-refractivity contribution in [3.8, 4) is 0 Å². The maximum Gasteiger partial charge on any atom is 0.576 e. The third-order valence-electron chi connectivity index (χ3n) is 2.86. The zero-order valence-electron chi connectivity index (χ0n) is 11.4. The smallest absolute Gasteiger partial charge is 0.369 e. The Bertz CT molecular complexity index is 261. The largest absolute Gasteiger partial charge is 0.576 e. The van der Waals surface area contributed by atoms with E-state index in [9.17, 15) is 4.79 Å². The highest BCUT2D eigenvalue weighted by molar-refractivity contribution is 6.93. The van der Waals surface area contributed by atoms with Crippen molar-refractivity contribution in [3.05, 3.63) is 0 Å². The lowest BCUT2D eigenvalue weighted by Gasteiger charge is -2.29. The van der Waals surface area contributed by atoms with Gasteiger partial charge in [0.25, 0.3) is 0 Å². The van der Waals surface area contributed by atoms with Crippen LogP contribution in [-0.2, 0) is 18.1 Å². The zero-order valence-corrected chi connectivity index (χ0v) is 12.4. The molecule has 18 heavy (non-hydrogen) atoms. The molecule has 0 aromatic rings. The standard InChI is InChI=1S/C11H24N2O4Si/c1-4-15-18(16-5-2,17-6-3)11(14)10-9(12)7-8-13-10/h9-10,13H,4-8,12H2,1-3H3. The molecule has 1 heterocycles. The van der Waals surface area contributed by atoms with Crippen molar-refractivity contribution in [1.29, 1.82) is 0 Å². The van der Waals surface area contributed by atoms with Crippen LogP contribution >= 0.6 is 0 Å². The van der Waals surface area contributed by atoms with E-state index < -0.39 is 14.8 Å². The summed E-state index contributed by atoms with van der Waals surface area (Å²) in [5.41, 5.74) is 5.94. The van der Waals surface area contributed by atoms with Crippen LogP contribution in [0.1, 0.15) is 27.2 Å². The van der Waals surface area contributed by atoms with Crippen molar-refractivity contribution in [3.63, 3.8) is 0 Å². The van der Waals surface area contributed by atoms with Crippen molar-refractivity contribution in [1.82, 2.24) is 5.32 Å². The molecule has 2 unspecified atom stereocenters. The summed E-state index contributed by atoms with van der Waals surface area (Å²) in [6.45, 7) is 7.39. The Morgan fingerprint density at radius 3 is 2.06 bits per heavy atom. The second-order valence-corrected chi connectivity index (χ2v) is 6.57. The van der Waals surface area contributed by atoms with Gasteiger partial charge in [-0.1, -0.05) is 0 Å². The van der Waals surface area contributed by atoms with Crippen molar-refractivity contribution >= 4 is 14.2 Å². The lowest BCUT2D eigenvalue weighted by Crippen LogP contribution is -2.62. The van der Waals surface area contributed by atoms with Crippen LogP contribution < -0.4 is 11.1 Å². The first-order valence-corrected chi connectivity index (χ1v) is 8.28. The average Bonchev–Trinajstić information content (AvgIpc) is 2.75. The molecular formula is C11H24N2O4Si. The highest BCUT2D eigenvalue weighted by Crippen LogP contribution is 2.18. The minimum absolute atomic E-state index is 0.141. The molecule has 0 aromatic heterocycles. The summed E-state index contributed by atoms with van der Waals surface area (Å²) in [4.78, 5) is 12.6. The van der Waals surface area contributed by atoms with Gasteiger partial charge in [0.1, 0.15) is 0 Å². The van der Waals surface area contributed by atoms with E-state index in [1.54, 1.807) is 0 Å². The number of rotatable bonds is 8. The maximum absolute atomic E-state index is 12.6. The van der Waals surface area contributed by atoms with Gasteiger partial charge in [-0.3, -0.25) is 4.79 Å². The van der Waals surface area contributed by atoms with E-state index in [4.69, 9.17) is 19.0 Å². The van der Waals surface area contributed by atoms with Gasteiger partial charge in [-0.05, 0) is 33.7 Å². The van der Waals surface area contributed by atoms with Crippen LogP contribution in [-0.4, -0.2) is 52.7 Å². The van der Waals surface area contributed by atoms with Gasteiger partial charge in [0.05, 0.1) is 6.04 Å². The highest BCUT2D eigenvalue weighted by atomic mass is 28.4. The third kappa shape index (κ3) is 3.37. The number of nitrogens with one attached hydrogen (secondary N) is 1. The minimum Gasteiger partial charge on any atom is -0.369 e. The number of nitrogens with two attached hydrogens (primary N) is 1. The summed E-state index contributed by atoms with van der Waals surface area (Å²) in [6.07, 6.45) is 0.783. The summed E-state index contributed by atoms with van der Waals surface area (Å²) in [6, 6.07) is -0.605. The summed E-state index contributed by atoms with van der Waals surface area (Å²) >= 11 is 0. The van der Waals surface area contributed by atoms with Crippen molar-refractivity contribution in [2.75, 3.05) is 26.4 Å². The lowest BCUT2D eigenvalue weighted by molar-refractivity contribution is -0.121. The Morgan fingerprint density at radius 2 is 1.72 bits per heavy atom. The van der Waals surface area contributed by atoms with Crippen molar-refractivity contribution in [2.24, 2.45) is 5.73 Å². The van der Waals surface area contributed by atoms with Gasteiger partial charge in [-0.2, -0.15) is 0 Å². The third-order valence-corrected chi connectivity index (χ3v) is 5.78. The molecule has 1 saturated heterocycles. The fourth-order valence-corrected chi connectivity index (χ4v) is 4.62. The van der Waals surface area contributed by atoms with E-state index >= 15 is 0 Å². The van der Waals surface area contributed by atoms with E-state index in [0.717, 1.165) is 13.0 Å². The molecule has 3 N–H and O–H groups in total. The van der Waals surface area contributed by atoms with Crippen LogP contribution in [0.2, 0.25) is 0 Å². The van der Waals surface area contributed by atoms with Crippen LogP contribution in [0.25, 0.3) is 0 Å². The number of carbonyl (C=O) groups is 1.